The molecule has 4 aromatic heterocycles. The molecule has 13 aromatic rings. The Labute approximate surface area is 406 Å². The molecule has 336 valence electrons. The molecule has 8 heteroatoms. The summed E-state index contributed by atoms with van der Waals surface area (Å²) in [6, 6.07) is 60.1. The second kappa shape index (κ2) is 14.2. The fraction of sp³-hybridized carbons (Fsp3) is 0.111. The maximum atomic E-state index is 12.0. The van der Waals surface area contributed by atoms with Crippen LogP contribution < -0.4 is 9.80 Å². The summed E-state index contributed by atoms with van der Waals surface area (Å²) in [6.07, 6.45) is 2.64. The number of rotatable bonds is 6. The van der Waals surface area contributed by atoms with E-state index in [1.54, 1.807) is 0 Å². The van der Waals surface area contributed by atoms with Gasteiger partial charge in [-0.3, -0.25) is 0 Å². The molecule has 0 N–H and O–H groups in total. The van der Waals surface area contributed by atoms with Crippen LogP contribution in [0, 0.1) is 17.9 Å². The molecule has 0 spiro atoms. The van der Waals surface area contributed by atoms with E-state index in [0.717, 1.165) is 124 Å². The van der Waals surface area contributed by atoms with Crippen LogP contribution in [0.1, 0.15) is 49.8 Å². The quantitative estimate of drug-likeness (QED) is 0.154. The van der Waals surface area contributed by atoms with Crippen LogP contribution in [0.5, 0.6) is 0 Å². The Hall–Kier alpha value is -9.24. The Morgan fingerprint density at radius 3 is 1.32 bits per heavy atom. The number of hydrogen-bond donors (Lipinski definition) is 0. The lowest BCUT2D eigenvalue weighted by atomic mass is 9.74. The topological polar surface area (TPSA) is 87.2 Å². The van der Waals surface area contributed by atoms with Gasteiger partial charge in [-0.1, -0.05) is 111 Å². The minimum Gasteiger partial charge on any atom is -0.456 e. The number of fused-ring (bicyclic) bond motifs is 17. The first kappa shape index (κ1) is 39.7. The molecule has 8 nitrogen and oxygen atoms in total. The summed E-state index contributed by atoms with van der Waals surface area (Å²) < 4.78 is 26.9. The Kier molecular flexibility index (Phi) is 7.93. The van der Waals surface area contributed by atoms with Crippen LogP contribution in [-0.4, -0.2) is 0 Å². The smallest absolute Gasteiger partial charge is 0.230 e. The Balaban J connectivity index is 1.09. The van der Waals surface area contributed by atoms with Gasteiger partial charge in [0.1, 0.15) is 33.5 Å². The maximum Gasteiger partial charge on any atom is 0.230 e. The first-order valence-corrected chi connectivity index (χ1v) is 24.1. The Bertz CT molecular complexity index is 4270. The van der Waals surface area contributed by atoms with E-state index in [-0.39, 0.29) is 22.1 Å². The summed E-state index contributed by atoms with van der Waals surface area (Å²) in [5, 5.41) is 20.0. The molecule has 1 saturated carbocycles. The normalized spacial score (nSPS) is 17.4. The van der Waals surface area contributed by atoms with Crippen molar-refractivity contribution in [2.75, 3.05) is 9.80 Å². The number of nitrogens with zero attached hydrogens (tertiary/aromatic N) is 4. The molecule has 2 unspecified atom stereocenters. The van der Waals surface area contributed by atoms with Crippen molar-refractivity contribution in [1.29, 1.82) is 5.26 Å². The maximum absolute atomic E-state index is 12.0. The molecule has 2 aliphatic carbocycles. The fourth-order valence-corrected chi connectivity index (χ4v) is 12.9. The second-order valence-electron chi connectivity index (χ2n) is 19.9. The monoisotopic (exact) mass is 916 g/mol. The zero-order valence-corrected chi connectivity index (χ0v) is 38.7. The standard InChI is InChI=1S/C63H40N4O4/c1-62-30-31-63(2,35-62)56-55(62)58(66(36-26-28-42-38-14-4-8-22-49(38)68-53(42)32-36)47-20-12-18-44-40-16-6-10-24-51(40)70-60(44)47)46(34-64)57(65-3)59(56)67(37-27-29-43-39-15-5-9-23-50(39)69-54(43)33-37)48-21-13-19-45-41-17-7-11-25-52(41)71-61(45)48/h4-29,32-33H,30-31,35H2,1-2H3. The van der Waals surface area contributed by atoms with Gasteiger partial charge in [0.25, 0.3) is 0 Å². The zero-order valence-electron chi connectivity index (χ0n) is 38.7. The highest BCUT2D eigenvalue weighted by Gasteiger charge is 2.57. The molecular formula is C63H40N4O4. The van der Waals surface area contributed by atoms with Crippen molar-refractivity contribution in [1.82, 2.24) is 0 Å². The van der Waals surface area contributed by atoms with Gasteiger partial charge < -0.3 is 27.5 Å². The van der Waals surface area contributed by atoms with E-state index in [1.807, 2.05) is 72.8 Å². The molecule has 2 atom stereocenters. The lowest BCUT2D eigenvalue weighted by Gasteiger charge is -2.40. The van der Waals surface area contributed by atoms with E-state index in [0.29, 0.717) is 28.1 Å². The number of hydrogen-bond acceptors (Lipinski definition) is 7. The average molecular weight is 917 g/mol. The van der Waals surface area contributed by atoms with Gasteiger partial charge >= 0.3 is 0 Å². The van der Waals surface area contributed by atoms with Crippen LogP contribution >= 0.6 is 0 Å². The number of furan rings is 4. The number of nitriles is 1. The first-order chi connectivity index (χ1) is 34.8. The summed E-state index contributed by atoms with van der Waals surface area (Å²) in [4.78, 5) is 8.89. The van der Waals surface area contributed by atoms with E-state index in [1.165, 1.54) is 0 Å². The van der Waals surface area contributed by atoms with E-state index in [4.69, 9.17) is 17.7 Å². The van der Waals surface area contributed by atoms with Crippen molar-refractivity contribution < 1.29 is 17.7 Å². The van der Waals surface area contributed by atoms with Crippen molar-refractivity contribution in [2.45, 2.75) is 43.9 Å². The van der Waals surface area contributed by atoms with E-state index >= 15 is 0 Å². The van der Waals surface area contributed by atoms with Gasteiger partial charge in [0.15, 0.2) is 11.2 Å². The molecule has 0 amide bonds. The van der Waals surface area contributed by atoms with E-state index in [9.17, 15) is 11.8 Å². The van der Waals surface area contributed by atoms with Crippen LogP contribution in [0.4, 0.5) is 39.8 Å². The summed E-state index contributed by atoms with van der Waals surface area (Å²) in [5.74, 6) is 0. The molecule has 2 bridgehead atoms. The summed E-state index contributed by atoms with van der Waals surface area (Å²) in [5.41, 5.74) is 12.2. The first-order valence-electron chi connectivity index (χ1n) is 24.1. The van der Waals surface area contributed by atoms with Crippen LogP contribution in [0.15, 0.2) is 188 Å². The minimum absolute atomic E-state index is 0.253. The van der Waals surface area contributed by atoms with Gasteiger partial charge in [-0.15, -0.1) is 0 Å². The van der Waals surface area contributed by atoms with Crippen LogP contribution in [0.3, 0.4) is 0 Å². The van der Waals surface area contributed by atoms with Gasteiger partial charge in [0.2, 0.25) is 5.69 Å². The molecular weight excluding hydrogens is 877 g/mol. The summed E-state index contributed by atoms with van der Waals surface area (Å²) >= 11 is 0. The third-order valence-corrected chi connectivity index (χ3v) is 15.8. The predicted molar refractivity (Wildman–Crippen MR) is 284 cm³/mol. The molecule has 15 rings (SSSR count). The summed E-state index contributed by atoms with van der Waals surface area (Å²) in [6.45, 7) is 14.1. The molecule has 2 aliphatic rings. The van der Waals surface area contributed by atoms with Gasteiger partial charge in [-0.25, -0.2) is 4.85 Å². The Morgan fingerprint density at radius 2 is 0.859 bits per heavy atom. The third kappa shape index (κ3) is 5.36. The van der Waals surface area contributed by atoms with Crippen molar-refractivity contribution in [2.24, 2.45) is 0 Å². The van der Waals surface area contributed by atoms with Gasteiger partial charge in [-0.05, 0) is 102 Å². The fourth-order valence-electron chi connectivity index (χ4n) is 12.9. The number of benzene rings is 9. The highest BCUT2D eigenvalue weighted by molar-refractivity contribution is 6.15. The van der Waals surface area contributed by atoms with Gasteiger partial charge in [0.05, 0.1) is 46.6 Å². The highest BCUT2D eigenvalue weighted by Crippen LogP contribution is 2.69. The molecule has 0 radical (unpaired) electrons. The molecule has 0 aliphatic heterocycles. The Morgan fingerprint density at radius 1 is 0.465 bits per heavy atom. The van der Waals surface area contributed by atoms with Crippen molar-refractivity contribution in [3.05, 3.63) is 198 Å². The molecule has 4 heterocycles. The van der Waals surface area contributed by atoms with Gasteiger partial charge in [0, 0.05) is 60.9 Å². The number of para-hydroxylation sites is 6. The lowest BCUT2D eigenvalue weighted by molar-refractivity contribution is 0.484. The third-order valence-electron chi connectivity index (χ3n) is 15.8. The van der Waals surface area contributed by atoms with Crippen LogP contribution in [0.25, 0.3) is 92.6 Å². The minimum atomic E-state index is -0.385. The highest BCUT2D eigenvalue weighted by atomic mass is 16.3. The second-order valence-corrected chi connectivity index (χ2v) is 19.9. The van der Waals surface area contributed by atoms with E-state index < -0.39 is 0 Å². The number of anilines is 6. The molecule has 1 fully saturated rings. The summed E-state index contributed by atoms with van der Waals surface area (Å²) in [7, 11) is 0. The van der Waals surface area contributed by atoms with Gasteiger partial charge in [-0.2, -0.15) is 5.26 Å². The van der Waals surface area contributed by atoms with Crippen molar-refractivity contribution >= 4 is 128 Å². The predicted octanol–water partition coefficient (Wildman–Crippen LogP) is 18.4. The SMILES string of the molecule is [C-]#[N+]c1c(C#N)c(N(c2ccc3c(c2)oc2ccccc23)c2cccc3c2oc2ccccc23)c2c(c1N(c1ccc3c(c1)oc1ccccc13)c1cccc3c1oc1ccccc13)C1(C)CCC2(C)C1. The molecule has 9 aromatic carbocycles. The van der Waals surface area contributed by atoms with Crippen LogP contribution in [0.2, 0.25) is 0 Å². The van der Waals surface area contributed by atoms with Crippen molar-refractivity contribution in [3.63, 3.8) is 0 Å². The zero-order chi connectivity index (χ0) is 47.3. The largest absolute Gasteiger partial charge is 0.456 e. The molecule has 0 saturated heterocycles. The van der Waals surface area contributed by atoms with Crippen molar-refractivity contribution in [3.8, 4) is 6.07 Å². The lowest BCUT2D eigenvalue weighted by Crippen LogP contribution is -2.27. The average Bonchev–Trinajstić information content (AvgIpc) is 4.25. The van der Waals surface area contributed by atoms with Crippen LogP contribution in [-0.2, 0) is 10.8 Å². The van der Waals surface area contributed by atoms with E-state index in [2.05, 4.69) is 132 Å². The molecule has 71 heavy (non-hydrogen) atoms.